The second-order valence-electron chi connectivity index (χ2n) is 8.73. The number of nitrogens with one attached hydrogen (secondary N) is 1. The smallest absolute Gasteiger partial charge is 0.277 e. The summed E-state index contributed by atoms with van der Waals surface area (Å²) in [6.45, 7) is 0. The summed E-state index contributed by atoms with van der Waals surface area (Å²) < 4.78 is 25.2. The van der Waals surface area contributed by atoms with Crippen molar-refractivity contribution in [2.24, 2.45) is 0 Å². The average molecular weight is 492 g/mol. The third kappa shape index (κ3) is 5.64. The number of ether oxygens (including phenoxy) is 2. The molecule has 4 rings (SSSR count). The number of methoxy groups -OCH3 is 2. The Morgan fingerprint density at radius 3 is 2.42 bits per heavy atom. The van der Waals surface area contributed by atoms with E-state index in [0.717, 1.165) is 32.1 Å². The fourth-order valence-corrected chi connectivity index (χ4v) is 4.59. The van der Waals surface area contributed by atoms with Gasteiger partial charge in [0.1, 0.15) is 17.6 Å². The Bertz CT molecular complexity index is 1200. The Hall–Kier alpha value is -3.94. The fourth-order valence-electron chi connectivity index (χ4n) is 4.59. The van der Waals surface area contributed by atoms with Crippen LogP contribution in [0.5, 0.6) is 11.5 Å². The third-order valence-corrected chi connectivity index (χ3v) is 6.37. The Labute approximate surface area is 210 Å². The zero-order valence-corrected chi connectivity index (χ0v) is 20.4. The van der Waals surface area contributed by atoms with Gasteiger partial charge in [-0.15, -0.1) is 0 Å². The van der Waals surface area contributed by atoms with E-state index in [2.05, 4.69) is 10.3 Å². The molecule has 1 aromatic heterocycles. The molecule has 0 saturated heterocycles. The molecule has 36 heavy (non-hydrogen) atoms. The number of anilines is 1. The van der Waals surface area contributed by atoms with Gasteiger partial charge in [-0.1, -0.05) is 37.5 Å². The normalized spacial score (nSPS) is 14.5. The summed E-state index contributed by atoms with van der Waals surface area (Å²) in [4.78, 5) is 33.3. The number of halogens is 1. The molecule has 1 saturated carbocycles. The van der Waals surface area contributed by atoms with Crippen molar-refractivity contribution >= 4 is 17.5 Å². The lowest BCUT2D eigenvalue weighted by Crippen LogP contribution is -2.47. The van der Waals surface area contributed by atoms with Gasteiger partial charge in [-0.3, -0.25) is 19.5 Å². The number of benzene rings is 2. The molecule has 2 aromatic carbocycles. The summed E-state index contributed by atoms with van der Waals surface area (Å²) in [6, 6.07) is 14.6. The number of amides is 2. The first-order valence-corrected chi connectivity index (χ1v) is 12.0. The summed E-state index contributed by atoms with van der Waals surface area (Å²) in [5.41, 5.74) is 0.872. The maximum absolute atomic E-state index is 14.4. The van der Waals surface area contributed by atoms with E-state index in [1.807, 2.05) is 0 Å². The average Bonchev–Trinajstić information content (AvgIpc) is 2.92. The Morgan fingerprint density at radius 2 is 1.75 bits per heavy atom. The van der Waals surface area contributed by atoms with Gasteiger partial charge in [0.05, 0.1) is 14.2 Å². The van der Waals surface area contributed by atoms with Crippen molar-refractivity contribution in [3.63, 3.8) is 0 Å². The highest BCUT2D eigenvalue weighted by Gasteiger charge is 2.35. The van der Waals surface area contributed by atoms with E-state index in [4.69, 9.17) is 9.47 Å². The largest absolute Gasteiger partial charge is 0.493 e. The molecule has 1 atom stereocenters. The van der Waals surface area contributed by atoms with Crippen molar-refractivity contribution in [3.8, 4) is 11.5 Å². The quantitative estimate of drug-likeness (QED) is 0.476. The van der Waals surface area contributed by atoms with Crippen molar-refractivity contribution in [2.75, 3.05) is 19.1 Å². The Morgan fingerprint density at radius 1 is 0.972 bits per heavy atom. The van der Waals surface area contributed by atoms with Gasteiger partial charge in [-0.05, 0) is 60.9 Å². The lowest BCUT2D eigenvalue weighted by atomic mass is 9.94. The van der Waals surface area contributed by atoms with Gasteiger partial charge in [0, 0.05) is 17.9 Å². The number of carbonyl (C=O) groups excluding carboxylic acids is 2. The van der Waals surface area contributed by atoms with Crippen LogP contribution in [-0.4, -0.2) is 37.1 Å². The molecule has 188 valence electrons. The number of rotatable bonds is 8. The minimum absolute atomic E-state index is 0.00760. The first kappa shape index (κ1) is 25.2. The summed E-state index contributed by atoms with van der Waals surface area (Å²) in [6.07, 6.45) is 6.46. The second-order valence-corrected chi connectivity index (χ2v) is 8.73. The van der Waals surface area contributed by atoms with Crippen molar-refractivity contribution in [3.05, 3.63) is 83.9 Å². The summed E-state index contributed by atoms with van der Waals surface area (Å²) in [5, 5.41) is 3.14. The molecule has 1 N–H and O–H groups in total. The number of hydrogen-bond acceptors (Lipinski definition) is 5. The molecule has 0 bridgehead atoms. The molecule has 0 spiro atoms. The van der Waals surface area contributed by atoms with Crippen molar-refractivity contribution in [1.29, 1.82) is 0 Å². The molecular formula is C28H30FN3O4. The highest BCUT2D eigenvalue weighted by Crippen LogP contribution is 2.35. The number of hydrogen-bond donors (Lipinski definition) is 1. The lowest BCUT2D eigenvalue weighted by Gasteiger charge is -2.33. The standard InChI is InChI=1S/C28H30FN3O4/c1-35-24-15-14-19(17-25(24)36-2)26(27(33)31-21-10-4-3-5-11-21)32(22-12-8-9-20(29)18-22)28(34)23-13-6-7-16-30-23/h6-9,12-18,21,26H,3-5,10-11H2,1-2H3,(H,31,33). The molecule has 8 heteroatoms. The van der Waals surface area contributed by atoms with E-state index in [1.54, 1.807) is 42.5 Å². The van der Waals surface area contributed by atoms with Crippen LogP contribution in [0.3, 0.4) is 0 Å². The van der Waals surface area contributed by atoms with Crippen LogP contribution in [0.4, 0.5) is 10.1 Å². The van der Waals surface area contributed by atoms with E-state index in [1.165, 1.54) is 43.5 Å². The molecule has 3 aromatic rings. The van der Waals surface area contributed by atoms with Gasteiger partial charge >= 0.3 is 0 Å². The van der Waals surface area contributed by atoms with Crippen LogP contribution in [0, 0.1) is 5.82 Å². The highest BCUT2D eigenvalue weighted by molar-refractivity contribution is 6.09. The minimum Gasteiger partial charge on any atom is -0.493 e. The van der Waals surface area contributed by atoms with E-state index < -0.39 is 17.8 Å². The molecule has 1 fully saturated rings. The first-order chi connectivity index (χ1) is 17.5. The van der Waals surface area contributed by atoms with Gasteiger partial charge in [0.2, 0.25) is 5.91 Å². The SMILES string of the molecule is COc1ccc(C(C(=O)NC2CCCCC2)N(C(=O)c2ccccn2)c2cccc(F)c2)cc1OC. The Kier molecular flexibility index (Phi) is 8.15. The van der Waals surface area contributed by atoms with Crippen LogP contribution >= 0.6 is 0 Å². The summed E-state index contributed by atoms with van der Waals surface area (Å²) >= 11 is 0. The van der Waals surface area contributed by atoms with Crippen LogP contribution in [0.15, 0.2) is 66.9 Å². The molecular weight excluding hydrogens is 461 g/mol. The molecule has 0 aliphatic heterocycles. The third-order valence-electron chi connectivity index (χ3n) is 6.37. The predicted molar refractivity (Wildman–Crippen MR) is 135 cm³/mol. The second kappa shape index (κ2) is 11.7. The van der Waals surface area contributed by atoms with Crippen molar-refractivity contribution in [1.82, 2.24) is 10.3 Å². The molecule has 1 aliphatic rings. The number of aromatic nitrogens is 1. The van der Waals surface area contributed by atoms with Crippen LogP contribution in [0.25, 0.3) is 0 Å². The van der Waals surface area contributed by atoms with Gasteiger partial charge in [-0.2, -0.15) is 0 Å². The van der Waals surface area contributed by atoms with E-state index in [9.17, 15) is 14.0 Å². The predicted octanol–water partition coefficient (Wildman–Crippen LogP) is 5.07. The van der Waals surface area contributed by atoms with Crippen LogP contribution in [0.1, 0.15) is 54.2 Å². The van der Waals surface area contributed by atoms with Crippen LogP contribution in [0.2, 0.25) is 0 Å². The summed E-state index contributed by atoms with van der Waals surface area (Å²) in [5.74, 6) is -0.511. The van der Waals surface area contributed by atoms with E-state index in [-0.39, 0.29) is 23.3 Å². The minimum atomic E-state index is -1.11. The van der Waals surface area contributed by atoms with Crippen molar-refractivity contribution in [2.45, 2.75) is 44.2 Å². The maximum atomic E-state index is 14.4. The van der Waals surface area contributed by atoms with Gasteiger partial charge in [-0.25, -0.2) is 4.39 Å². The van der Waals surface area contributed by atoms with E-state index in [0.29, 0.717) is 17.1 Å². The zero-order valence-electron chi connectivity index (χ0n) is 20.4. The molecule has 1 unspecified atom stereocenters. The van der Waals surface area contributed by atoms with Crippen LogP contribution in [-0.2, 0) is 4.79 Å². The van der Waals surface area contributed by atoms with Gasteiger partial charge < -0.3 is 14.8 Å². The number of carbonyl (C=O) groups is 2. The number of nitrogens with zero attached hydrogens (tertiary/aromatic N) is 2. The summed E-state index contributed by atoms with van der Waals surface area (Å²) in [7, 11) is 3.02. The topological polar surface area (TPSA) is 80.8 Å². The number of pyridine rings is 1. The first-order valence-electron chi connectivity index (χ1n) is 12.0. The monoisotopic (exact) mass is 491 g/mol. The van der Waals surface area contributed by atoms with Gasteiger partial charge in [0.15, 0.2) is 11.5 Å². The highest BCUT2D eigenvalue weighted by atomic mass is 19.1. The van der Waals surface area contributed by atoms with Crippen LogP contribution < -0.4 is 19.7 Å². The lowest BCUT2D eigenvalue weighted by molar-refractivity contribution is -0.123. The Balaban J connectivity index is 1.85. The molecule has 0 radical (unpaired) electrons. The maximum Gasteiger partial charge on any atom is 0.277 e. The van der Waals surface area contributed by atoms with E-state index >= 15 is 0 Å². The molecule has 2 amide bonds. The van der Waals surface area contributed by atoms with Gasteiger partial charge in [0.25, 0.3) is 5.91 Å². The molecule has 1 heterocycles. The molecule has 7 nitrogen and oxygen atoms in total. The zero-order chi connectivity index (χ0) is 25.5. The molecule has 1 aliphatic carbocycles. The fraction of sp³-hybridized carbons (Fsp3) is 0.321. The van der Waals surface area contributed by atoms with Crippen molar-refractivity contribution < 1.29 is 23.5 Å².